The number of hydrogen-bond acceptors (Lipinski definition) is 6. The summed E-state index contributed by atoms with van der Waals surface area (Å²) in [5, 5.41) is 13.9. The molecule has 2 aliphatic rings. The molecular weight excluding hydrogens is 448 g/mol. The molecule has 0 aromatic heterocycles. The molecule has 0 fully saturated rings. The predicted octanol–water partition coefficient (Wildman–Crippen LogP) is 6.67. The molecule has 0 radical (unpaired) electrons. The summed E-state index contributed by atoms with van der Waals surface area (Å²) in [7, 11) is 0. The molecule has 3 aromatic carbocycles. The normalized spacial score (nSPS) is 20.1. The van der Waals surface area contributed by atoms with E-state index in [1.54, 1.807) is 0 Å². The SMILES string of the molecule is CC(C)(C)N1N=C(c2cccc(C3=NN(C(C)(C)C)C(c4ccccc4)O3)c2)OC1c1ccccc1. The Morgan fingerprint density at radius 2 is 0.944 bits per heavy atom. The van der Waals surface area contributed by atoms with Gasteiger partial charge in [-0.2, -0.15) is 0 Å². The van der Waals surface area contributed by atoms with Gasteiger partial charge in [-0.15, -0.1) is 10.2 Å². The van der Waals surface area contributed by atoms with Gasteiger partial charge in [-0.3, -0.25) is 0 Å². The Labute approximate surface area is 213 Å². The van der Waals surface area contributed by atoms with E-state index >= 15 is 0 Å². The van der Waals surface area contributed by atoms with E-state index in [0.29, 0.717) is 11.8 Å². The maximum absolute atomic E-state index is 6.44. The first kappa shape index (κ1) is 23.9. The van der Waals surface area contributed by atoms with Crippen LogP contribution in [0.3, 0.4) is 0 Å². The molecule has 0 amide bonds. The molecule has 2 aliphatic heterocycles. The molecule has 0 N–H and O–H groups in total. The molecule has 6 heteroatoms. The minimum atomic E-state index is -0.288. The Kier molecular flexibility index (Phi) is 5.99. The number of hydrogen-bond donors (Lipinski definition) is 0. The lowest BCUT2D eigenvalue weighted by atomic mass is 10.1. The third-order valence-corrected chi connectivity index (χ3v) is 6.19. The largest absolute Gasteiger partial charge is 0.446 e. The van der Waals surface area contributed by atoms with Crippen molar-refractivity contribution in [1.29, 1.82) is 0 Å². The molecule has 2 unspecified atom stereocenters. The Balaban J connectivity index is 1.46. The molecule has 3 aromatic rings. The van der Waals surface area contributed by atoms with Gasteiger partial charge in [0.2, 0.25) is 24.3 Å². The van der Waals surface area contributed by atoms with Gasteiger partial charge < -0.3 is 9.47 Å². The van der Waals surface area contributed by atoms with Crippen molar-refractivity contribution < 1.29 is 9.47 Å². The van der Waals surface area contributed by atoms with Crippen molar-refractivity contribution in [2.45, 2.75) is 65.1 Å². The van der Waals surface area contributed by atoms with E-state index < -0.39 is 0 Å². The van der Waals surface area contributed by atoms with Gasteiger partial charge in [0.05, 0.1) is 11.1 Å². The molecule has 2 heterocycles. The van der Waals surface area contributed by atoms with Crippen molar-refractivity contribution in [1.82, 2.24) is 10.0 Å². The number of benzene rings is 3. The molecule has 186 valence electrons. The highest BCUT2D eigenvalue weighted by Gasteiger charge is 2.39. The highest BCUT2D eigenvalue weighted by molar-refractivity contribution is 6.00. The first-order chi connectivity index (χ1) is 17.1. The molecule has 0 bridgehead atoms. The number of ether oxygens (including phenoxy) is 2. The van der Waals surface area contributed by atoms with Crippen molar-refractivity contribution in [3.8, 4) is 0 Å². The Morgan fingerprint density at radius 3 is 1.31 bits per heavy atom. The quantitative estimate of drug-likeness (QED) is 0.417. The Bertz CT molecular complexity index is 1180. The summed E-state index contributed by atoms with van der Waals surface area (Å²) in [5.41, 5.74) is 3.48. The van der Waals surface area contributed by atoms with Gasteiger partial charge in [-0.05, 0) is 59.7 Å². The van der Waals surface area contributed by atoms with E-state index in [4.69, 9.17) is 19.7 Å². The lowest BCUT2D eigenvalue weighted by Crippen LogP contribution is -2.38. The number of hydrazone groups is 2. The lowest BCUT2D eigenvalue weighted by Gasteiger charge is -2.33. The Morgan fingerprint density at radius 1 is 0.556 bits per heavy atom. The molecule has 6 nitrogen and oxygen atoms in total. The molecule has 0 saturated heterocycles. The summed E-state index contributed by atoms with van der Waals surface area (Å²) in [6.07, 6.45) is -0.576. The summed E-state index contributed by atoms with van der Waals surface area (Å²) in [6, 6.07) is 28.5. The number of nitrogens with zero attached hydrogens (tertiary/aromatic N) is 4. The average molecular weight is 483 g/mol. The second-order valence-electron chi connectivity index (χ2n) is 11.2. The van der Waals surface area contributed by atoms with Gasteiger partial charge >= 0.3 is 0 Å². The van der Waals surface area contributed by atoms with Crippen LogP contribution in [0.15, 0.2) is 95.1 Å². The second-order valence-corrected chi connectivity index (χ2v) is 11.2. The molecular formula is C30H34N4O2. The second kappa shape index (κ2) is 9.01. The van der Waals surface area contributed by atoms with Gasteiger partial charge in [-0.25, -0.2) is 10.0 Å². The molecule has 0 saturated carbocycles. The van der Waals surface area contributed by atoms with Crippen LogP contribution in [0.25, 0.3) is 0 Å². The minimum absolute atomic E-state index is 0.214. The van der Waals surface area contributed by atoms with Crippen LogP contribution < -0.4 is 0 Å². The third kappa shape index (κ3) is 4.68. The lowest BCUT2D eigenvalue weighted by molar-refractivity contribution is -0.00730. The molecule has 0 aliphatic carbocycles. The zero-order valence-corrected chi connectivity index (χ0v) is 21.8. The molecule has 36 heavy (non-hydrogen) atoms. The van der Waals surface area contributed by atoms with Crippen LogP contribution >= 0.6 is 0 Å². The van der Waals surface area contributed by atoms with Crippen LogP contribution in [0.1, 0.15) is 76.3 Å². The van der Waals surface area contributed by atoms with Crippen molar-refractivity contribution in [3.05, 3.63) is 107 Å². The fraction of sp³-hybridized carbons (Fsp3) is 0.333. The van der Waals surface area contributed by atoms with Gasteiger partial charge in [0.25, 0.3) is 0 Å². The van der Waals surface area contributed by atoms with Crippen LogP contribution in [0.4, 0.5) is 0 Å². The Hall–Kier alpha value is -3.80. The first-order valence-corrected chi connectivity index (χ1v) is 12.4. The third-order valence-electron chi connectivity index (χ3n) is 6.19. The molecule has 2 atom stereocenters. The van der Waals surface area contributed by atoms with E-state index in [1.807, 2.05) is 70.7 Å². The van der Waals surface area contributed by atoms with Crippen molar-refractivity contribution >= 4 is 11.8 Å². The van der Waals surface area contributed by atoms with Gasteiger partial charge in [0.1, 0.15) is 0 Å². The fourth-order valence-corrected chi connectivity index (χ4v) is 4.35. The van der Waals surface area contributed by atoms with Crippen LogP contribution in [0.5, 0.6) is 0 Å². The molecule has 0 spiro atoms. The van der Waals surface area contributed by atoms with Crippen LogP contribution in [0, 0.1) is 0 Å². The smallest absolute Gasteiger partial charge is 0.240 e. The standard InChI is InChI=1S/C30H34N4O2/c1-29(2,3)33-27(21-14-9-7-10-15-21)35-25(31-33)23-18-13-19-24(20-23)26-32-34(30(4,5)6)28(36-26)22-16-11-8-12-17-22/h7-20,27-28H,1-6H3. The van der Waals surface area contributed by atoms with Crippen LogP contribution in [0.2, 0.25) is 0 Å². The van der Waals surface area contributed by atoms with Crippen molar-refractivity contribution in [2.24, 2.45) is 10.2 Å². The van der Waals surface area contributed by atoms with Crippen molar-refractivity contribution in [3.63, 3.8) is 0 Å². The highest BCUT2D eigenvalue weighted by atomic mass is 16.5. The first-order valence-electron chi connectivity index (χ1n) is 12.4. The average Bonchev–Trinajstić information content (AvgIpc) is 3.51. The maximum Gasteiger partial charge on any atom is 0.240 e. The van der Waals surface area contributed by atoms with E-state index in [2.05, 4.69) is 65.8 Å². The fourth-order valence-electron chi connectivity index (χ4n) is 4.35. The summed E-state index contributed by atoms with van der Waals surface area (Å²) in [4.78, 5) is 0. The van der Waals surface area contributed by atoms with E-state index in [0.717, 1.165) is 22.3 Å². The van der Waals surface area contributed by atoms with Crippen LogP contribution in [-0.4, -0.2) is 32.9 Å². The zero-order chi connectivity index (χ0) is 25.5. The summed E-state index contributed by atoms with van der Waals surface area (Å²) >= 11 is 0. The van der Waals surface area contributed by atoms with E-state index in [1.165, 1.54) is 0 Å². The van der Waals surface area contributed by atoms with Gasteiger partial charge in [0.15, 0.2) is 0 Å². The van der Waals surface area contributed by atoms with E-state index in [-0.39, 0.29) is 23.5 Å². The van der Waals surface area contributed by atoms with E-state index in [9.17, 15) is 0 Å². The molecule has 5 rings (SSSR count). The monoisotopic (exact) mass is 482 g/mol. The zero-order valence-electron chi connectivity index (χ0n) is 21.8. The highest BCUT2D eigenvalue weighted by Crippen LogP contribution is 2.37. The topological polar surface area (TPSA) is 49.7 Å². The minimum Gasteiger partial charge on any atom is -0.446 e. The predicted molar refractivity (Wildman–Crippen MR) is 143 cm³/mol. The van der Waals surface area contributed by atoms with Gasteiger partial charge in [-0.1, -0.05) is 66.7 Å². The maximum atomic E-state index is 6.44. The van der Waals surface area contributed by atoms with Crippen LogP contribution in [-0.2, 0) is 9.47 Å². The number of rotatable bonds is 4. The summed E-state index contributed by atoms with van der Waals surface area (Å²) in [5.74, 6) is 1.18. The summed E-state index contributed by atoms with van der Waals surface area (Å²) < 4.78 is 12.9. The summed E-state index contributed by atoms with van der Waals surface area (Å²) in [6.45, 7) is 12.8. The van der Waals surface area contributed by atoms with Crippen molar-refractivity contribution in [2.75, 3.05) is 0 Å². The van der Waals surface area contributed by atoms with Gasteiger partial charge in [0, 0.05) is 22.3 Å².